The molecular formula is C5H17NNaO5P. The van der Waals surface area contributed by atoms with Gasteiger partial charge in [0.05, 0.1) is 27.7 Å². The van der Waals surface area contributed by atoms with Gasteiger partial charge in [-0.15, -0.1) is 0 Å². The van der Waals surface area contributed by atoms with Gasteiger partial charge in [0.25, 0.3) is 7.82 Å². The summed E-state index contributed by atoms with van der Waals surface area (Å²) < 4.78 is 9.61. The molecule has 0 rings (SSSR count). The van der Waals surface area contributed by atoms with Crippen LogP contribution in [0.4, 0.5) is 0 Å². The Morgan fingerprint density at radius 1 is 1.38 bits per heavy atom. The molecule has 0 saturated heterocycles. The maximum Gasteiger partial charge on any atom is 1.00 e. The molecule has 3 N–H and O–H groups in total. The van der Waals surface area contributed by atoms with Gasteiger partial charge >= 0.3 is 29.6 Å². The Bertz CT molecular complexity index is 150. The number of aliphatic hydroxyl groups excluding tert-OH is 1. The number of hydrogen-bond donors (Lipinski definition) is 3. The Labute approximate surface area is 102 Å². The Morgan fingerprint density at radius 3 is 1.62 bits per heavy atom. The van der Waals surface area contributed by atoms with Gasteiger partial charge < -0.3 is 25.7 Å². The number of aliphatic hydroxyl groups is 1. The van der Waals surface area contributed by atoms with Crippen LogP contribution in [-0.4, -0.2) is 53.7 Å². The Kier molecular flexibility index (Phi) is 12.6. The van der Waals surface area contributed by atoms with Crippen LogP contribution >= 0.6 is 7.82 Å². The summed E-state index contributed by atoms with van der Waals surface area (Å²) in [5.74, 6) is 0. The van der Waals surface area contributed by atoms with Gasteiger partial charge in [0.2, 0.25) is 0 Å². The first-order valence-corrected chi connectivity index (χ1v) is 4.77. The van der Waals surface area contributed by atoms with Crippen LogP contribution in [0.25, 0.3) is 0 Å². The molecule has 0 aliphatic rings. The van der Waals surface area contributed by atoms with Crippen molar-refractivity contribution in [1.82, 2.24) is 0 Å². The van der Waals surface area contributed by atoms with Gasteiger partial charge in [0.15, 0.2) is 0 Å². The van der Waals surface area contributed by atoms with Gasteiger partial charge in [-0.2, -0.15) is 0 Å². The summed E-state index contributed by atoms with van der Waals surface area (Å²) in [6.45, 7) is 1.11. The average Bonchev–Trinajstić information content (AvgIpc) is 1.54. The molecular weight excluding hydrogens is 208 g/mol. The fraction of sp³-hybridized carbons (Fsp3) is 1.00. The van der Waals surface area contributed by atoms with Crippen LogP contribution < -0.4 is 34.5 Å². The molecule has 0 aliphatic heterocycles. The Balaban J connectivity index is -0.0000000651. The van der Waals surface area contributed by atoms with E-state index in [2.05, 4.69) is 21.1 Å². The number of hydrogen-bond acceptors (Lipinski definition) is 3. The molecule has 0 aliphatic carbocycles. The molecule has 13 heavy (non-hydrogen) atoms. The van der Waals surface area contributed by atoms with Gasteiger partial charge in [-0.05, 0) is 0 Å². The summed E-state index contributed by atoms with van der Waals surface area (Å²) in [4.78, 5) is 22.9. The standard InChI is InChI=1S/C5H14NO.Na.H3O4P.H/c1-6(2,3)4-5-7;;1-5(2,3)4;/h7H,4-5H2,1-3H3;;(H3,1,2,3,4);/q2*+1;;-1/p-1. The van der Waals surface area contributed by atoms with Crippen molar-refractivity contribution in [3.05, 3.63) is 0 Å². The molecule has 78 valence electrons. The smallest absolute Gasteiger partial charge is 1.00 e. The summed E-state index contributed by atoms with van der Waals surface area (Å²) in [6, 6.07) is 0. The molecule has 0 saturated carbocycles. The molecule has 0 bridgehead atoms. The summed E-state index contributed by atoms with van der Waals surface area (Å²) in [7, 11) is 1.27. The Morgan fingerprint density at radius 2 is 1.62 bits per heavy atom. The third-order valence-electron chi connectivity index (χ3n) is 0.771. The summed E-state index contributed by atoms with van der Waals surface area (Å²) in [5.41, 5.74) is 0. The van der Waals surface area contributed by atoms with Crippen LogP contribution in [0.3, 0.4) is 0 Å². The van der Waals surface area contributed by atoms with Crippen LogP contribution in [-0.2, 0) is 4.57 Å². The molecule has 0 heterocycles. The van der Waals surface area contributed by atoms with Gasteiger partial charge in [0.1, 0.15) is 6.54 Å². The van der Waals surface area contributed by atoms with E-state index in [1.165, 1.54) is 0 Å². The van der Waals surface area contributed by atoms with E-state index in [-0.39, 0.29) is 37.6 Å². The number of phosphoric acid groups is 1. The maximum atomic E-state index is 8.77. The molecule has 0 radical (unpaired) electrons. The van der Waals surface area contributed by atoms with Gasteiger partial charge in [-0.1, -0.05) is 0 Å². The van der Waals surface area contributed by atoms with E-state index in [1.807, 2.05) is 0 Å². The van der Waals surface area contributed by atoms with Crippen molar-refractivity contribution in [2.75, 3.05) is 34.3 Å². The minimum atomic E-state index is -4.89. The molecule has 8 heteroatoms. The number of likely N-dealkylation sites (N-methyl/N-ethyl adjacent to an activating group) is 1. The van der Waals surface area contributed by atoms with E-state index >= 15 is 0 Å². The average molecular weight is 225 g/mol. The largest absolute Gasteiger partial charge is 1.00 e. The molecule has 0 unspecified atom stereocenters. The van der Waals surface area contributed by atoms with Crippen LogP contribution in [0.1, 0.15) is 1.43 Å². The second kappa shape index (κ2) is 8.35. The molecule has 0 aromatic heterocycles. The number of quaternary nitrogens is 1. The first-order valence-electron chi connectivity index (χ1n) is 3.24. The van der Waals surface area contributed by atoms with Crippen molar-refractivity contribution in [2.24, 2.45) is 0 Å². The van der Waals surface area contributed by atoms with E-state index < -0.39 is 7.82 Å². The molecule has 0 fully saturated rings. The summed E-state index contributed by atoms with van der Waals surface area (Å²) in [5, 5.41) is 8.39. The minimum absolute atomic E-state index is 0. The third-order valence-corrected chi connectivity index (χ3v) is 0.771. The van der Waals surface area contributed by atoms with Crippen LogP contribution in [0, 0.1) is 0 Å². The van der Waals surface area contributed by atoms with E-state index in [1.54, 1.807) is 0 Å². The number of rotatable bonds is 2. The van der Waals surface area contributed by atoms with E-state index in [0.29, 0.717) is 0 Å². The quantitative estimate of drug-likeness (QED) is 0.249. The fourth-order valence-corrected chi connectivity index (χ4v) is 0.300. The predicted molar refractivity (Wildman–Crippen MR) is 43.1 cm³/mol. The molecule has 0 aromatic carbocycles. The van der Waals surface area contributed by atoms with Crippen LogP contribution in [0.5, 0.6) is 0 Å². The monoisotopic (exact) mass is 225 g/mol. The zero-order valence-corrected chi connectivity index (χ0v) is 11.4. The van der Waals surface area contributed by atoms with Crippen LogP contribution in [0.15, 0.2) is 0 Å². The van der Waals surface area contributed by atoms with Gasteiger partial charge in [-0.25, -0.2) is 0 Å². The first-order chi connectivity index (χ1) is 5.06. The Hall–Kier alpha value is 1.03. The van der Waals surface area contributed by atoms with Crippen molar-refractivity contribution in [2.45, 2.75) is 0 Å². The molecule has 6 nitrogen and oxygen atoms in total. The van der Waals surface area contributed by atoms with Crippen molar-refractivity contribution < 1.29 is 59.8 Å². The molecule has 0 atom stereocenters. The van der Waals surface area contributed by atoms with Crippen LogP contribution in [0.2, 0.25) is 0 Å². The van der Waals surface area contributed by atoms with Crippen molar-refractivity contribution in [3.8, 4) is 0 Å². The summed E-state index contributed by atoms with van der Waals surface area (Å²) >= 11 is 0. The topological polar surface area (TPSA) is 101 Å². The minimum Gasteiger partial charge on any atom is -1.00 e. The van der Waals surface area contributed by atoms with Gasteiger partial charge in [0, 0.05) is 0 Å². The zero-order valence-electron chi connectivity index (χ0n) is 9.47. The van der Waals surface area contributed by atoms with E-state index in [9.17, 15) is 0 Å². The van der Waals surface area contributed by atoms with Crippen molar-refractivity contribution in [1.29, 1.82) is 0 Å². The first kappa shape index (κ1) is 19.6. The fourth-order valence-electron chi connectivity index (χ4n) is 0.300. The van der Waals surface area contributed by atoms with E-state index in [4.69, 9.17) is 24.4 Å². The van der Waals surface area contributed by atoms with Crippen molar-refractivity contribution in [3.63, 3.8) is 0 Å². The van der Waals surface area contributed by atoms with E-state index in [0.717, 1.165) is 11.0 Å². The normalized spacial score (nSPS) is 11.0. The zero-order chi connectivity index (χ0) is 10.4. The second-order valence-electron chi connectivity index (χ2n) is 3.23. The second-order valence-corrected chi connectivity index (χ2v) is 4.21. The summed E-state index contributed by atoms with van der Waals surface area (Å²) in [6.07, 6.45) is 0. The van der Waals surface area contributed by atoms with Gasteiger partial charge in [-0.3, -0.25) is 4.57 Å². The van der Waals surface area contributed by atoms with Crippen molar-refractivity contribution >= 4 is 7.82 Å². The maximum absolute atomic E-state index is 8.77. The third kappa shape index (κ3) is 62.7. The predicted octanol–water partition coefficient (Wildman–Crippen LogP) is -4.76. The molecule has 0 aromatic rings. The number of nitrogens with zero attached hydrogens (tertiary/aromatic N) is 1. The SMILES string of the molecule is C[N+](C)(C)CCO.O=P([O-])(O)O.[H-].[Na+]. The molecule has 0 spiro atoms. The molecule has 0 amide bonds.